The second-order valence-corrected chi connectivity index (χ2v) is 6.51. The highest BCUT2D eigenvalue weighted by molar-refractivity contribution is 7.99. The number of thioether (sulfide) groups is 1. The summed E-state index contributed by atoms with van der Waals surface area (Å²) < 4.78 is 0. The highest BCUT2D eigenvalue weighted by Crippen LogP contribution is 2.28. The lowest BCUT2D eigenvalue weighted by molar-refractivity contribution is -0.137. The van der Waals surface area contributed by atoms with Gasteiger partial charge in [-0.15, -0.1) is 0 Å². The molecule has 2 amide bonds. The third kappa shape index (κ3) is 5.30. The van der Waals surface area contributed by atoms with E-state index >= 15 is 0 Å². The maximum atomic E-state index is 12.2. The zero-order chi connectivity index (χ0) is 14.4. The summed E-state index contributed by atoms with van der Waals surface area (Å²) in [6.07, 6.45) is 5.28. The molecule has 1 aliphatic rings. The Kier molecular flexibility index (Phi) is 6.48. The maximum Gasteiger partial charge on any atom is 0.323 e. The summed E-state index contributed by atoms with van der Waals surface area (Å²) in [5.41, 5.74) is 0. The number of amides is 2. The number of carbonyl (C=O) groups excluding carboxylic acids is 1. The van der Waals surface area contributed by atoms with E-state index in [2.05, 4.69) is 11.6 Å². The first-order valence-electron chi connectivity index (χ1n) is 6.74. The van der Waals surface area contributed by atoms with Crippen molar-refractivity contribution in [3.8, 4) is 0 Å². The summed E-state index contributed by atoms with van der Waals surface area (Å²) in [6, 6.07) is -0.0759. The van der Waals surface area contributed by atoms with Crippen molar-refractivity contribution in [2.45, 2.75) is 44.4 Å². The molecule has 0 aliphatic heterocycles. The number of carboxylic acids is 1. The second kappa shape index (κ2) is 7.62. The molecule has 0 radical (unpaired) electrons. The lowest BCUT2D eigenvalue weighted by atomic mass is 10.2. The summed E-state index contributed by atoms with van der Waals surface area (Å²) >= 11 is 1.77. The first kappa shape index (κ1) is 16.1. The molecule has 0 heterocycles. The minimum Gasteiger partial charge on any atom is -0.480 e. The van der Waals surface area contributed by atoms with Gasteiger partial charge < -0.3 is 15.3 Å². The van der Waals surface area contributed by atoms with Crippen molar-refractivity contribution < 1.29 is 14.7 Å². The number of aliphatic carboxylic acids is 1. The van der Waals surface area contributed by atoms with Crippen LogP contribution in [0.1, 0.15) is 33.1 Å². The Morgan fingerprint density at radius 1 is 1.42 bits per heavy atom. The van der Waals surface area contributed by atoms with Gasteiger partial charge >= 0.3 is 12.0 Å². The zero-order valence-electron chi connectivity index (χ0n) is 11.9. The number of nitrogens with one attached hydrogen (secondary N) is 1. The van der Waals surface area contributed by atoms with Gasteiger partial charge in [-0.05, 0) is 25.0 Å². The summed E-state index contributed by atoms with van der Waals surface area (Å²) in [6.45, 7) is 4.18. The van der Waals surface area contributed by atoms with Crippen molar-refractivity contribution >= 4 is 23.8 Å². The molecule has 0 aromatic heterocycles. The lowest BCUT2D eigenvalue weighted by Gasteiger charge is -2.27. The number of hydrogen-bond donors (Lipinski definition) is 2. The standard InChI is InChI=1S/C13H24N2O3S/c1-9(2)7-15(8-12(16)17)13(18)14-10-5-4-6-11(10)19-3/h9-11H,4-8H2,1-3H3,(H,14,18)(H,16,17). The Hall–Kier alpha value is -0.910. The minimum atomic E-state index is -0.969. The molecule has 1 rings (SSSR count). The van der Waals surface area contributed by atoms with Gasteiger partial charge in [0.25, 0.3) is 0 Å². The Morgan fingerprint density at radius 3 is 2.63 bits per heavy atom. The molecular weight excluding hydrogens is 264 g/mol. The van der Waals surface area contributed by atoms with E-state index in [4.69, 9.17) is 5.11 Å². The van der Waals surface area contributed by atoms with Crippen molar-refractivity contribution in [3.63, 3.8) is 0 Å². The third-order valence-electron chi connectivity index (χ3n) is 3.26. The van der Waals surface area contributed by atoms with Gasteiger partial charge in [-0.1, -0.05) is 20.3 Å². The number of carbonyl (C=O) groups is 2. The predicted octanol–water partition coefficient (Wildman–Crippen LogP) is 2.02. The van der Waals surface area contributed by atoms with Crippen molar-refractivity contribution in [2.75, 3.05) is 19.3 Å². The summed E-state index contributed by atoms with van der Waals surface area (Å²) in [5, 5.41) is 12.3. The number of rotatable bonds is 6. The summed E-state index contributed by atoms with van der Waals surface area (Å²) in [5.74, 6) is -0.714. The second-order valence-electron chi connectivity index (χ2n) is 5.43. The van der Waals surface area contributed by atoms with Crippen LogP contribution in [0.15, 0.2) is 0 Å². The van der Waals surface area contributed by atoms with Gasteiger partial charge in [0.1, 0.15) is 6.54 Å². The van der Waals surface area contributed by atoms with Crippen molar-refractivity contribution in [3.05, 3.63) is 0 Å². The molecule has 0 saturated heterocycles. The molecular formula is C13H24N2O3S. The van der Waals surface area contributed by atoms with E-state index in [1.807, 2.05) is 13.8 Å². The van der Waals surface area contributed by atoms with Crippen LogP contribution in [0.5, 0.6) is 0 Å². The monoisotopic (exact) mass is 288 g/mol. The SMILES string of the molecule is CSC1CCCC1NC(=O)N(CC(=O)O)CC(C)C. The van der Waals surface area contributed by atoms with Gasteiger partial charge in [0.05, 0.1) is 0 Å². The van der Waals surface area contributed by atoms with Crippen LogP contribution in [0.3, 0.4) is 0 Å². The molecule has 0 bridgehead atoms. The Labute approximate surface area is 119 Å². The van der Waals surface area contributed by atoms with Crippen LogP contribution in [0, 0.1) is 5.92 Å². The molecule has 1 aliphatic carbocycles. The predicted molar refractivity (Wildman–Crippen MR) is 77.5 cm³/mol. The van der Waals surface area contributed by atoms with Gasteiger partial charge in [-0.3, -0.25) is 4.79 Å². The molecule has 2 N–H and O–H groups in total. The van der Waals surface area contributed by atoms with Crippen molar-refractivity contribution in [1.29, 1.82) is 0 Å². The maximum absolute atomic E-state index is 12.2. The normalized spacial score (nSPS) is 22.5. The van der Waals surface area contributed by atoms with Gasteiger partial charge in [0, 0.05) is 17.8 Å². The first-order chi connectivity index (χ1) is 8.93. The quantitative estimate of drug-likeness (QED) is 0.784. The Bertz CT molecular complexity index is 323. The van der Waals surface area contributed by atoms with E-state index in [1.165, 1.54) is 4.90 Å². The smallest absolute Gasteiger partial charge is 0.323 e. The average molecular weight is 288 g/mol. The topological polar surface area (TPSA) is 69.6 Å². The number of nitrogens with zero attached hydrogens (tertiary/aromatic N) is 1. The molecule has 0 aromatic carbocycles. The molecule has 2 atom stereocenters. The number of hydrogen-bond acceptors (Lipinski definition) is 3. The fourth-order valence-corrected chi connectivity index (χ4v) is 3.38. The van der Waals surface area contributed by atoms with Gasteiger partial charge in [0.15, 0.2) is 0 Å². The Balaban J connectivity index is 2.57. The van der Waals surface area contributed by atoms with Crippen LogP contribution >= 0.6 is 11.8 Å². The molecule has 0 spiro atoms. The summed E-state index contributed by atoms with van der Waals surface area (Å²) in [4.78, 5) is 24.4. The highest BCUT2D eigenvalue weighted by Gasteiger charge is 2.29. The van der Waals surface area contributed by atoms with E-state index in [-0.39, 0.29) is 24.5 Å². The van der Waals surface area contributed by atoms with Crippen LogP contribution in [0.25, 0.3) is 0 Å². The molecule has 19 heavy (non-hydrogen) atoms. The van der Waals surface area contributed by atoms with Crippen LogP contribution in [-0.4, -0.2) is 52.6 Å². The van der Waals surface area contributed by atoms with Gasteiger partial charge in [-0.25, -0.2) is 4.79 Å². The van der Waals surface area contributed by atoms with Gasteiger partial charge in [-0.2, -0.15) is 11.8 Å². The molecule has 0 aromatic rings. The largest absolute Gasteiger partial charge is 0.480 e. The third-order valence-corrected chi connectivity index (χ3v) is 4.43. The zero-order valence-corrected chi connectivity index (χ0v) is 12.7. The van der Waals surface area contributed by atoms with Crippen LogP contribution in [0.4, 0.5) is 4.79 Å². The highest BCUT2D eigenvalue weighted by atomic mass is 32.2. The number of urea groups is 1. The van der Waals surface area contributed by atoms with Crippen molar-refractivity contribution in [2.24, 2.45) is 5.92 Å². The van der Waals surface area contributed by atoms with E-state index in [1.54, 1.807) is 11.8 Å². The molecule has 1 fully saturated rings. The van der Waals surface area contributed by atoms with Gasteiger partial charge in [0.2, 0.25) is 0 Å². The van der Waals surface area contributed by atoms with Crippen molar-refractivity contribution in [1.82, 2.24) is 10.2 Å². The van der Waals surface area contributed by atoms with Crippen LogP contribution < -0.4 is 5.32 Å². The van der Waals surface area contributed by atoms with Crippen LogP contribution in [0.2, 0.25) is 0 Å². The molecule has 6 heteroatoms. The fourth-order valence-electron chi connectivity index (χ4n) is 2.45. The first-order valence-corrected chi connectivity index (χ1v) is 8.02. The fraction of sp³-hybridized carbons (Fsp3) is 0.846. The molecule has 110 valence electrons. The lowest BCUT2D eigenvalue weighted by Crippen LogP contribution is -2.49. The summed E-state index contributed by atoms with van der Waals surface area (Å²) in [7, 11) is 0. The van der Waals surface area contributed by atoms with E-state index in [9.17, 15) is 9.59 Å². The minimum absolute atomic E-state index is 0.172. The number of carboxylic acid groups (broad SMARTS) is 1. The molecule has 2 unspecified atom stereocenters. The average Bonchev–Trinajstić information content (AvgIpc) is 2.74. The molecule has 5 nitrogen and oxygen atoms in total. The van der Waals surface area contributed by atoms with Crippen LogP contribution in [-0.2, 0) is 4.79 Å². The van der Waals surface area contributed by atoms with E-state index in [0.29, 0.717) is 11.8 Å². The van der Waals surface area contributed by atoms with E-state index < -0.39 is 5.97 Å². The molecule has 1 saturated carbocycles. The Morgan fingerprint density at radius 2 is 2.11 bits per heavy atom. The van der Waals surface area contributed by atoms with E-state index in [0.717, 1.165) is 19.3 Å².